The molecule has 0 N–H and O–H groups in total. The zero-order valence-electron chi connectivity index (χ0n) is 10.6. The Kier molecular flexibility index (Phi) is 3.37. The molecule has 3 rings (SSSR count). The van der Waals surface area contributed by atoms with Gasteiger partial charge in [-0.25, -0.2) is 0 Å². The van der Waals surface area contributed by atoms with Crippen molar-refractivity contribution >= 4 is 11.8 Å². The maximum atomic E-state index is 4.59. The van der Waals surface area contributed by atoms with Gasteiger partial charge in [0, 0.05) is 11.1 Å². The fourth-order valence-electron chi connectivity index (χ4n) is 2.46. The van der Waals surface area contributed by atoms with Crippen LogP contribution in [0.5, 0.6) is 0 Å². The molecule has 1 aliphatic carbocycles. The number of hydrogen-bond donors (Lipinski definition) is 0. The first-order valence-electron chi connectivity index (χ1n) is 6.50. The third-order valence-electron chi connectivity index (χ3n) is 3.44. The largest absolute Gasteiger partial charge is 0.260 e. The number of nitrogens with zero attached hydrogens (tertiary/aromatic N) is 1. The molecule has 0 amide bonds. The Morgan fingerprint density at radius 3 is 2.83 bits per heavy atom. The molecule has 0 fully saturated rings. The molecule has 0 bridgehead atoms. The Morgan fingerprint density at radius 1 is 1.17 bits per heavy atom. The first kappa shape index (κ1) is 11.8. The number of thioether (sulfide) groups is 1. The number of aryl methyl sites for hydroxylation is 2. The van der Waals surface area contributed by atoms with Crippen LogP contribution < -0.4 is 0 Å². The fraction of sp³-hybridized carbons (Fsp3) is 0.312. The van der Waals surface area contributed by atoms with Gasteiger partial charge in [0.2, 0.25) is 0 Å². The van der Waals surface area contributed by atoms with Crippen molar-refractivity contribution in [1.82, 2.24) is 4.98 Å². The van der Waals surface area contributed by atoms with E-state index in [2.05, 4.69) is 48.3 Å². The average molecular weight is 255 g/mol. The van der Waals surface area contributed by atoms with Crippen LogP contribution in [0.4, 0.5) is 0 Å². The van der Waals surface area contributed by atoms with Crippen molar-refractivity contribution in [2.24, 2.45) is 0 Å². The third-order valence-corrected chi connectivity index (χ3v) is 4.73. The zero-order chi connectivity index (χ0) is 12.4. The van der Waals surface area contributed by atoms with E-state index in [0.717, 1.165) is 0 Å². The van der Waals surface area contributed by atoms with E-state index in [1.165, 1.54) is 41.0 Å². The molecule has 1 unspecified atom stereocenters. The van der Waals surface area contributed by atoms with Gasteiger partial charge in [-0.15, -0.1) is 11.8 Å². The average Bonchev–Trinajstić information content (AvgIpc) is 2.42. The molecule has 1 nitrogen and oxygen atoms in total. The SMILES string of the molecule is Cc1ccc(SC2CCCc3cccnc32)cc1. The molecule has 1 aromatic heterocycles. The minimum absolute atomic E-state index is 0.526. The lowest BCUT2D eigenvalue weighted by atomic mass is 9.96. The van der Waals surface area contributed by atoms with Gasteiger partial charge in [-0.2, -0.15) is 0 Å². The molecule has 1 aromatic carbocycles. The van der Waals surface area contributed by atoms with Gasteiger partial charge >= 0.3 is 0 Å². The highest BCUT2D eigenvalue weighted by Crippen LogP contribution is 2.42. The molecule has 0 spiro atoms. The minimum atomic E-state index is 0.526. The highest BCUT2D eigenvalue weighted by Gasteiger charge is 2.21. The van der Waals surface area contributed by atoms with Crippen molar-refractivity contribution < 1.29 is 0 Å². The Hall–Kier alpha value is -1.28. The van der Waals surface area contributed by atoms with E-state index >= 15 is 0 Å². The molecule has 1 aliphatic rings. The molecule has 2 aromatic rings. The van der Waals surface area contributed by atoms with Gasteiger partial charge in [0.1, 0.15) is 0 Å². The normalized spacial score (nSPS) is 18.4. The molecule has 18 heavy (non-hydrogen) atoms. The smallest absolute Gasteiger partial charge is 0.0569 e. The Morgan fingerprint density at radius 2 is 2.00 bits per heavy atom. The summed E-state index contributed by atoms with van der Waals surface area (Å²) < 4.78 is 0. The molecule has 0 saturated carbocycles. The van der Waals surface area contributed by atoms with E-state index in [1.54, 1.807) is 0 Å². The lowest BCUT2D eigenvalue weighted by Crippen LogP contribution is -2.08. The molecular formula is C16H17NS. The zero-order valence-corrected chi connectivity index (χ0v) is 11.4. The van der Waals surface area contributed by atoms with Gasteiger partial charge < -0.3 is 0 Å². The first-order valence-corrected chi connectivity index (χ1v) is 7.38. The van der Waals surface area contributed by atoms with E-state index in [9.17, 15) is 0 Å². The maximum absolute atomic E-state index is 4.59. The van der Waals surface area contributed by atoms with E-state index in [4.69, 9.17) is 0 Å². The summed E-state index contributed by atoms with van der Waals surface area (Å²) in [6.45, 7) is 2.13. The number of pyridine rings is 1. The number of benzene rings is 1. The van der Waals surface area contributed by atoms with E-state index < -0.39 is 0 Å². The second-order valence-electron chi connectivity index (χ2n) is 4.86. The predicted octanol–water partition coefficient (Wildman–Crippen LogP) is 4.56. The molecule has 2 heteroatoms. The van der Waals surface area contributed by atoms with Crippen molar-refractivity contribution in [2.45, 2.75) is 36.3 Å². The molecule has 1 atom stereocenters. The minimum Gasteiger partial charge on any atom is -0.260 e. The number of rotatable bonds is 2. The van der Waals surface area contributed by atoms with Gasteiger partial charge in [-0.05, 0) is 49.9 Å². The topological polar surface area (TPSA) is 12.9 Å². The first-order chi connectivity index (χ1) is 8.83. The summed E-state index contributed by atoms with van der Waals surface area (Å²) in [5.74, 6) is 0. The van der Waals surface area contributed by atoms with Crippen LogP contribution in [-0.4, -0.2) is 4.98 Å². The van der Waals surface area contributed by atoms with Crippen LogP contribution in [-0.2, 0) is 6.42 Å². The highest BCUT2D eigenvalue weighted by molar-refractivity contribution is 7.99. The standard InChI is InChI=1S/C16H17NS/c1-12-7-9-14(10-8-12)18-15-6-2-4-13-5-3-11-17-16(13)15/h3,5,7-11,15H,2,4,6H2,1H3. The Labute approximate surface area is 113 Å². The lowest BCUT2D eigenvalue weighted by molar-refractivity contribution is 0.656. The van der Waals surface area contributed by atoms with Gasteiger partial charge in [-0.1, -0.05) is 23.8 Å². The number of fused-ring (bicyclic) bond motifs is 1. The summed E-state index contributed by atoms with van der Waals surface area (Å²) >= 11 is 1.95. The summed E-state index contributed by atoms with van der Waals surface area (Å²) in [4.78, 5) is 5.94. The van der Waals surface area contributed by atoms with Crippen LogP contribution in [0.1, 0.15) is 34.9 Å². The quantitative estimate of drug-likeness (QED) is 0.780. The second kappa shape index (κ2) is 5.15. The lowest BCUT2D eigenvalue weighted by Gasteiger charge is -2.23. The Bertz CT molecular complexity index is 533. The molecule has 92 valence electrons. The second-order valence-corrected chi connectivity index (χ2v) is 6.14. The van der Waals surface area contributed by atoms with Crippen LogP contribution in [0.2, 0.25) is 0 Å². The summed E-state index contributed by atoms with van der Waals surface area (Å²) in [5.41, 5.74) is 4.06. The van der Waals surface area contributed by atoms with Crippen LogP contribution in [0, 0.1) is 6.92 Å². The van der Waals surface area contributed by atoms with Gasteiger partial charge in [0.25, 0.3) is 0 Å². The molecule has 0 aliphatic heterocycles. The van der Waals surface area contributed by atoms with Gasteiger partial charge in [0.05, 0.1) is 10.9 Å². The van der Waals surface area contributed by atoms with Crippen molar-refractivity contribution in [3.8, 4) is 0 Å². The molecule has 0 radical (unpaired) electrons. The van der Waals surface area contributed by atoms with E-state index in [-0.39, 0.29) is 0 Å². The third kappa shape index (κ3) is 2.44. The number of hydrogen-bond acceptors (Lipinski definition) is 2. The van der Waals surface area contributed by atoms with Crippen molar-refractivity contribution in [1.29, 1.82) is 0 Å². The fourth-order valence-corrected chi connectivity index (χ4v) is 3.69. The summed E-state index contributed by atoms with van der Waals surface area (Å²) in [5, 5.41) is 0.526. The van der Waals surface area contributed by atoms with Crippen LogP contribution in [0.15, 0.2) is 47.5 Å². The predicted molar refractivity (Wildman–Crippen MR) is 77.0 cm³/mol. The monoisotopic (exact) mass is 255 g/mol. The summed E-state index contributed by atoms with van der Waals surface area (Å²) in [6, 6.07) is 13.1. The van der Waals surface area contributed by atoms with Crippen LogP contribution in [0.3, 0.4) is 0 Å². The van der Waals surface area contributed by atoms with Gasteiger partial charge in [0.15, 0.2) is 0 Å². The molecule has 0 saturated heterocycles. The van der Waals surface area contributed by atoms with E-state index in [0.29, 0.717) is 5.25 Å². The van der Waals surface area contributed by atoms with Crippen LogP contribution >= 0.6 is 11.8 Å². The van der Waals surface area contributed by atoms with Crippen molar-refractivity contribution in [2.75, 3.05) is 0 Å². The van der Waals surface area contributed by atoms with Crippen molar-refractivity contribution in [3.63, 3.8) is 0 Å². The number of aromatic nitrogens is 1. The highest BCUT2D eigenvalue weighted by atomic mass is 32.2. The maximum Gasteiger partial charge on any atom is 0.0569 e. The molecular weight excluding hydrogens is 238 g/mol. The molecule has 1 heterocycles. The van der Waals surface area contributed by atoms with Gasteiger partial charge in [-0.3, -0.25) is 4.98 Å². The van der Waals surface area contributed by atoms with E-state index in [1.807, 2.05) is 18.0 Å². The summed E-state index contributed by atoms with van der Waals surface area (Å²) in [7, 11) is 0. The Balaban J connectivity index is 1.84. The summed E-state index contributed by atoms with van der Waals surface area (Å²) in [6.07, 6.45) is 5.63. The van der Waals surface area contributed by atoms with Crippen molar-refractivity contribution in [3.05, 3.63) is 59.4 Å². The van der Waals surface area contributed by atoms with Crippen LogP contribution in [0.25, 0.3) is 0 Å².